The molecule has 5 rings (SSSR count). The fraction of sp³-hybridized carbons (Fsp3) is 0.286. The number of phenols is 2. The highest BCUT2D eigenvalue weighted by molar-refractivity contribution is 7.99. The van der Waals surface area contributed by atoms with Crippen molar-refractivity contribution in [2.45, 2.75) is 56.6 Å². The van der Waals surface area contributed by atoms with Crippen LogP contribution in [0.5, 0.6) is 11.5 Å². The first-order valence-electron chi connectivity index (χ1n) is 17.2. The van der Waals surface area contributed by atoms with Gasteiger partial charge in [0.05, 0.1) is 64.8 Å². The molecule has 4 aromatic carbocycles. The molecular formula is C35H37N9O14S. The summed E-state index contributed by atoms with van der Waals surface area (Å²) in [6.07, 6.45) is 0. The largest absolute Gasteiger partial charge is 0.497 e. The second-order valence-electron chi connectivity index (χ2n) is 13.1. The minimum absolute atomic E-state index is 0.181. The molecule has 0 atom stereocenters. The van der Waals surface area contributed by atoms with Crippen LogP contribution in [-0.2, 0) is 12.0 Å². The lowest BCUT2D eigenvalue weighted by molar-refractivity contribution is -0.404. The van der Waals surface area contributed by atoms with E-state index in [1.54, 1.807) is 11.8 Å². The number of non-ortho nitro benzene ring substituents is 2. The van der Waals surface area contributed by atoms with Gasteiger partial charge < -0.3 is 19.7 Å². The Bertz CT molecular complexity index is 2230. The molecule has 0 bridgehead atoms. The van der Waals surface area contributed by atoms with Crippen molar-refractivity contribution in [2.24, 2.45) is 0 Å². The fourth-order valence-electron chi connectivity index (χ4n) is 5.20. The van der Waals surface area contributed by atoms with Crippen LogP contribution in [0, 0.1) is 60.7 Å². The Balaban J connectivity index is 0.000000252. The van der Waals surface area contributed by atoms with Crippen LogP contribution < -0.4 is 0 Å². The van der Waals surface area contributed by atoms with E-state index >= 15 is 0 Å². The molecule has 0 aliphatic heterocycles. The predicted molar refractivity (Wildman–Crippen MR) is 213 cm³/mol. The SMILES string of the molecule is CCN(CC)CCn1c(Sc2ccc(C(C)(C)C)cc2)nc2ccccc21.O=[N+]([O-])c1cc([N+](=O)[O-])c(O)c([N+](=O)[O-])c1.O=[N+]([O-])c1cc([N+](=O)[O-])c(O)c([N+](=O)[O-])c1. The third-order valence-electron chi connectivity index (χ3n) is 8.40. The summed E-state index contributed by atoms with van der Waals surface area (Å²) >= 11 is 1.76. The second kappa shape index (κ2) is 19.7. The number of nitro groups is 6. The number of fused-ring (bicyclic) bond motifs is 1. The molecule has 0 fully saturated rings. The van der Waals surface area contributed by atoms with E-state index in [1.807, 2.05) is 0 Å². The molecule has 0 unspecified atom stereocenters. The number of nitrogens with zero attached hydrogens (tertiary/aromatic N) is 9. The van der Waals surface area contributed by atoms with E-state index in [-0.39, 0.29) is 5.41 Å². The number of imidazole rings is 1. The lowest BCUT2D eigenvalue weighted by Gasteiger charge is -2.20. The average molecular weight is 840 g/mol. The maximum absolute atomic E-state index is 10.4. The molecule has 2 N–H and O–H groups in total. The molecular weight excluding hydrogens is 803 g/mol. The maximum atomic E-state index is 10.4. The van der Waals surface area contributed by atoms with E-state index in [0.29, 0.717) is 24.3 Å². The number of para-hydroxylation sites is 2. The van der Waals surface area contributed by atoms with Crippen LogP contribution in [0.15, 0.2) is 82.8 Å². The zero-order valence-electron chi connectivity index (χ0n) is 32.0. The molecule has 5 aromatic rings. The number of aromatic nitrogens is 2. The molecule has 59 heavy (non-hydrogen) atoms. The highest BCUT2D eigenvalue weighted by atomic mass is 32.2. The molecule has 0 saturated carbocycles. The monoisotopic (exact) mass is 839 g/mol. The van der Waals surface area contributed by atoms with Crippen LogP contribution in [0.2, 0.25) is 0 Å². The van der Waals surface area contributed by atoms with Crippen molar-refractivity contribution in [1.82, 2.24) is 14.5 Å². The molecule has 0 spiro atoms. The van der Waals surface area contributed by atoms with Gasteiger partial charge in [-0.3, -0.25) is 60.7 Å². The first-order valence-corrected chi connectivity index (χ1v) is 18.0. The van der Waals surface area contributed by atoms with Gasteiger partial charge in [0.1, 0.15) is 0 Å². The Hall–Kier alpha value is -7.34. The molecule has 0 aliphatic carbocycles. The number of phenolic OH excluding ortho intramolecular Hbond substituents is 2. The van der Waals surface area contributed by atoms with E-state index in [2.05, 4.69) is 92.6 Å². The number of benzene rings is 4. The molecule has 24 heteroatoms. The summed E-state index contributed by atoms with van der Waals surface area (Å²) in [7, 11) is 0. The summed E-state index contributed by atoms with van der Waals surface area (Å²) in [5.74, 6) is -2.42. The Kier molecular flexibility index (Phi) is 15.4. The lowest BCUT2D eigenvalue weighted by Crippen LogP contribution is -2.27. The van der Waals surface area contributed by atoms with Crippen molar-refractivity contribution in [3.8, 4) is 11.5 Å². The van der Waals surface area contributed by atoms with Crippen LogP contribution in [-0.4, -0.2) is 73.8 Å². The number of hydrogen-bond acceptors (Lipinski definition) is 17. The van der Waals surface area contributed by atoms with E-state index in [4.69, 9.17) is 15.2 Å². The first-order chi connectivity index (χ1) is 27.6. The Labute approximate surface area is 337 Å². The fourth-order valence-corrected chi connectivity index (χ4v) is 6.13. The zero-order valence-corrected chi connectivity index (χ0v) is 32.8. The van der Waals surface area contributed by atoms with Gasteiger partial charge in [-0.2, -0.15) is 0 Å². The van der Waals surface area contributed by atoms with Crippen molar-refractivity contribution in [2.75, 3.05) is 19.6 Å². The summed E-state index contributed by atoms with van der Waals surface area (Å²) < 4.78 is 2.37. The number of nitro benzene ring substituents is 6. The van der Waals surface area contributed by atoms with E-state index in [0.717, 1.165) is 36.9 Å². The van der Waals surface area contributed by atoms with Gasteiger partial charge in [-0.15, -0.1) is 0 Å². The standard InChI is InChI=1S/C23H31N3S.2C6H3N3O7/c1-6-25(7-2)16-17-26-21-11-9-8-10-20(21)24-22(26)27-19-14-12-18(13-15-19)23(3,4)5;2*10-6-4(8(13)14)1-3(7(11)12)2-5(6)9(15)16/h8-15H,6-7,16-17H2,1-5H3;2*1-2,10H. The smallest absolute Gasteiger partial charge is 0.324 e. The molecule has 0 aliphatic rings. The van der Waals surface area contributed by atoms with E-state index in [9.17, 15) is 60.7 Å². The van der Waals surface area contributed by atoms with Gasteiger partial charge in [0.2, 0.25) is 0 Å². The summed E-state index contributed by atoms with van der Waals surface area (Å²) in [5.41, 5.74) is -2.16. The third kappa shape index (κ3) is 11.8. The number of aromatic hydroxyl groups is 2. The van der Waals surface area contributed by atoms with E-state index < -0.39 is 75.2 Å². The highest BCUT2D eigenvalue weighted by Crippen LogP contribution is 2.40. The predicted octanol–water partition coefficient (Wildman–Crippen LogP) is 8.06. The quantitative estimate of drug-likeness (QED) is 0.0835. The molecule has 1 heterocycles. The number of hydrogen-bond donors (Lipinski definition) is 2. The van der Waals surface area contributed by atoms with Gasteiger partial charge in [-0.1, -0.05) is 70.6 Å². The van der Waals surface area contributed by atoms with Crippen LogP contribution >= 0.6 is 11.8 Å². The second-order valence-corrected chi connectivity index (χ2v) is 14.2. The average Bonchev–Trinajstić information content (AvgIpc) is 3.51. The van der Waals surface area contributed by atoms with Gasteiger partial charge in [-0.25, -0.2) is 4.98 Å². The summed E-state index contributed by atoms with van der Waals surface area (Å²) in [6.45, 7) is 15.4. The number of likely N-dealkylation sites (N-methyl/N-ethyl adjacent to an activating group) is 1. The molecule has 23 nitrogen and oxygen atoms in total. The Morgan fingerprint density at radius 3 is 1.41 bits per heavy atom. The van der Waals surface area contributed by atoms with Crippen molar-refractivity contribution >= 4 is 56.9 Å². The highest BCUT2D eigenvalue weighted by Gasteiger charge is 2.31. The molecule has 1 aromatic heterocycles. The topological polar surface area (TPSA) is 320 Å². The molecule has 312 valence electrons. The van der Waals surface area contributed by atoms with Crippen molar-refractivity contribution in [1.29, 1.82) is 0 Å². The zero-order chi connectivity index (χ0) is 44.4. The summed E-state index contributed by atoms with van der Waals surface area (Å²) in [5, 5.41) is 81.5. The Morgan fingerprint density at radius 2 is 1.05 bits per heavy atom. The minimum Gasteiger partial charge on any atom is -0.497 e. The van der Waals surface area contributed by atoms with Crippen molar-refractivity contribution in [3.05, 3.63) is 139 Å². The first kappa shape index (κ1) is 46.0. The van der Waals surface area contributed by atoms with Gasteiger partial charge in [0.15, 0.2) is 5.16 Å². The molecule has 0 saturated heterocycles. The Morgan fingerprint density at radius 1 is 0.644 bits per heavy atom. The maximum Gasteiger partial charge on any atom is 0.324 e. The van der Waals surface area contributed by atoms with Crippen molar-refractivity contribution < 1.29 is 39.8 Å². The third-order valence-corrected chi connectivity index (χ3v) is 9.40. The van der Waals surface area contributed by atoms with Crippen molar-refractivity contribution in [3.63, 3.8) is 0 Å². The normalized spacial score (nSPS) is 10.9. The number of rotatable bonds is 13. The van der Waals surface area contributed by atoms with Crippen LogP contribution in [0.25, 0.3) is 11.0 Å². The van der Waals surface area contributed by atoms with Gasteiger partial charge in [0, 0.05) is 18.0 Å². The van der Waals surface area contributed by atoms with Gasteiger partial charge in [0.25, 0.3) is 22.9 Å². The molecule has 0 amide bonds. The van der Waals surface area contributed by atoms with Crippen LogP contribution in [0.1, 0.15) is 40.2 Å². The van der Waals surface area contributed by atoms with Gasteiger partial charge >= 0.3 is 22.7 Å². The minimum atomic E-state index is -1.21. The lowest BCUT2D eigenvalue weighted by atomic mass is 9.87. The van der Waals surface area contributed by atoms with Crippen LogP contribution in [0.4, 0.5) is 34.1 Å². The molecule has 0 radical (unpaired) electrons. The van der Waals surface area contributed by atoms with Crippen LogP contribution in [0.3, 0.4) is 0 Å². The summed E-state index contributed by atoms with van der Waals surface area (Å²) in [6, 6.07) is 19.2. The van der Waals surface area contributed by atoms with Gasteiger partial charge in [-0.05, 0) is 48.3 Å². The summed E-state index contributed by atoms with van der Waals surface area (Å²) in [4.78, 5) is 64.2. The van der Waals surface area contributed by atoms with E-state index in [1.165, 1.54) is 16.0 Å².